The molecule has 6 nitrogen and oxygen atoms in total. The van der Waals surface area contributed by atoms with Crippen LogP contribution in [-0.2, 0) is 9.59 Å². The van der Waals surface area contributed by atoms with Gasteiger partial charge in [0.2, 0.25) is 0 Å². The zero-order valence-electron chi connectivity index (χ0n) is 16.3. The Morgan fingerprint density at radius 3 is 2.48 bits per heavy atom. The lowest BCUT2D eigenvalue weighted by Crippen LogP contribution is -2.54. The maximum Gasteiger partial charge on any atom is 0.270 e. The number of benzene rings is 2. The third kappa shape index (κ3) is 3.97. The van der Waals surface area contributed by atoms with Gasteiger partial charge in [-0.1, -0.05) is 23.7 Å². The molecule has 0 saturated carbocycles. The molecule has 1 saturated heterocycles. The van der Waals surface area contributed by atoms with Crippen molar-refractivity contribution in [1.82, 2.24) is 5.32 Å². The predicted octanol–water partition coefficient (Wildman–Crippen LogP) is 3.81. The van der Waals surface area contributed by atoms with Crippen molar-refractivity contribution in [3.63, 3.8) is 0 Å². The van der Waals surface area contributed by atoms with Gasteiger partial charge in [0.1, 0.15) is 5.57 Å². The molecule has 0 atom stereocenters. The molecule has 0 unspecified atom stereocenters. The van der Waals surface area contributed by atoms with Crippen molar-refractivity contribution in [2.24, 2.45) is 0 Å². The highest BCUT2D eigenvalue weighted by Crippen LogP contribution is 2.37. The molecule has 0 aromatic heterocycles. The van der Waals surface area contributed by atoms with Crippen molar-refractivity contribution >= 4 is 52.5 Å². The van der Waals surface area contributed by atoms with Crippen molar-refractivity contribution in [3.05, 3.63) is 57.6 Å². The van der Waals surface area contributed by atoms with E-state index in [9.17, 15) is 9.59 Å². The highest BCUT2D eigenvalue weighted by Gasteiger charge is 2.35. The zero-order chi connectivity index (χ0) is 21.3. The van der Waals surface area contributed by atoms with Crippen molar-refractivity contribution in [3.8, 4) is 11.5 Å². The van der Waals surface area contributed by atoms with Crippen LogP contribution in [0.3, 0.4) is 0 Å². The van der Waals surface area contributed by atoms with E-state index in [2.05, 4.69) is 5.32 Å². The molecule has 29 heavy (non-hydrogen) atoms. The summed E-state index contributed by atoms with van der Waals surface area (Å²) in [5.74, 6) is -0.336. The number of amides is 2. The number of rotatable bonds is 4. The Labute approximate surface area is 179 Å². The lowest BCUT2D eigenvalue weighted by Gasteiger charge is -2.30. The Balaban J connectivity index is 2.09. The molecule has 0 spiro atoms. The Morgan fingerprint density at radius 1 is 1.10 bits per heavy atom. The summed E-state index contributed by atoms with van der Waals surface area (Å²) >= 11 is 11.5. The first-order valence-electron chi connectivity index (χ1n) is 8.67. The van der Waals surface area contributed by atoms with Crippen LogP contribution in [0, 0.1) is 13.8 Å². The van der Waals surface area contributed by atoms with Crippen LogP contribution >= 0.6 is 23.8 Å². The SMILES string of the molecule is COc1cc(C=C2C(=O)NC(=S)N(c3cc(C)ccc3C)C2=O)cc(Cl)c1OC. The molecule has 1 heterocycles. The lowest BCUT2D eigenvalue weighted by molar-refractivity contribution is -0.122. The molecular formula is C21H19ClN2O4S. The van der Waals surface area contributed by atoms with Gasteiger partial charge < -0.3 is 9.47 Å². The molecule has 0 bridgehead atoms. The molecule has 0 radical (unpaired) electrons. The van der Waals surface area contributed by atoms with Crippen molar-refractivity contribution < 1.29 is 19.1 Å². The van der Waals surface area contributed by atoms with E-state index >= 15 is 0 Å². The minimum Gasteiger partial charge on any atom is -0.493 e. The second kappa shape index (κ2) is 8.23. The van der Waals surface area contributed by atoms with E-state index in [-0.39, 0.29) is 10.7 Å². The minimum atomic E-state index is -0.576. The highest BCUT2D eigenvalue weighted by atomic mass is 35.5. The van der Waals surface area contributed by atoms with E-state index < -0.39 is 11.8 Å². The Kier molecular flexibility index (Phi) is 5.91. The number of hydrogen-bond acceptors (Lipinski definition) is 5. The molecule has 1 fully saturated rings. The monoisotopic (exact) mass is 430 g/mol. The van der Waals surface area contributed by atoms with Crippen LogP contribution in [0.5, 0.6) is 11.5 Å². The number of carbonyl (C=O) groups excluding carboxylic acids is 2. The van der Waals surface area contributed by atoms with E-state index in [0.717, 1.165) is 11.1 Å². The fourth-order valence-corrected chi connectivity index (χ4v) is 3.59. The molecule has 0 aliphatic carbocycles. The Morgan fingerprint density at radius 2 is 1.83 bits per heavy atom. The average Bonchev–Trinajstić information content (AvgIpc) is 2.67. The van der Waals surface area contributed by atoms with Gasteiger partial charge in [0.25, 0.3) is 11.8 Å². The Hall–Kier alpha value is -2.90. The second-order valence-corrected chi connectivity index (χ2v) is 7.28. The van der Waals surface area contributed by atoms with Gasteiger partial charge in [0.15, 0.2) is 16.6 Å². The number of thiocarbonyl (C=S) groups is 1. The van der Waals surface area contributed by atoms with E-state index in [1.165, 1.54) is 25.2 Å². The number of hydrogen-bond donors (Lipinski definition) is 1. The van der Waals surface area contributed by atoms with Crippen molar-refractivity contribution in [1.29, 1.82) is 0 Å². The molecule has 2 amide bonds. The van der Waals surface area contributed by atoms with Crippen LogP contribution < -0.4 is 19.7 Å². The molecule has 2 aromatic carbocycles. The normalized spacial score (nSPS) is 15.6. The van der Waals surface area contributed by atoms with Crippen molar-refractivity contribution in [2.75, 3.05) is 19.1 Å². The highest BCUT2D eigenvalue weighted by molar-refractivity contribution is 7.80. The van der Waals surface area contributed by atoms with Gasteiger partial charge in [-0.2, -0.15) is 0 Å². The summed E-state index contributed by atoms with van der Waals surface area (Å²) in [5, 5.41) is 2.92. The number of carbonyl (C=O) groups is 2. The maximum absolute atomic E-state index is 13.2. The first kappa shape index (κ1) is 20.8. The quantitative estimate of drug-likeness (QED) is 0.454. The van der Waals surface area contributed by atoms with Crippen LogP contribution in [0.15, 0.2) is 35.9 Å². The van der Waals surface area contributed by atoms with Gasteiger partial charge in [-0.25, -0.2) is 0 Å². The number of nitrogens with one attached hydrogen (secondary N) is 1. The molecule has 1 aliphatic rings. The van der Waals surface area contributed by atoms with E-state index in [0.29, 0.717) is 27.8 Å². The fraction of sp³-hybridized carbons (Fsp3) is 0.190. The van der Waals surface area contributed by atoms with Gasteiger partial charge in [0, 0.05) is 0 Å². The average molecular weight is 431 g/mol. The van der Waals surface area contributed by atoms with Crippen LogP contribution in [-0.4, -0.2) is 31.1 Å². The van der Waals surface area contributed by atoms with E-state index in [1.807, 2.05) is 32.0 Å². The number of halogens is 1. The van der Waals surface area contributed by atoms with Gasteiger partial charge in [-0.05, 0) is 67.0 Å². The number of nitrogens with zero attached hydrogens (tertiary/aromatic N) is 1. The predicted molar refractivity (Wildman–Crippen MR) is 117 cm³/mol. The minimum absolute atomic E-state index is 0.0381. The molecule has 150 valence electrons. The van der Waals surface area contributed by atoms with Crippen LogP contribution in [0.25, 0.3) is 6.08 Å². The summed E-state index contributed by atoms with van der Waals surface area (Å²) in [5.41, 5.74) is 2.89. The topological polar surface area (TPSA) is 67.9 Å². The number of methoxy groups -OCH3 is 2. The third-order valence-electron chi connectivity index (χ3n) is 4.47. The summed E-state index contributed by atoms with van der Waals surface area (Å²) in [7, 11) is 2.95. The van der Waals surface area contributed by atoms with Crippen molar-refractivity contribution in [2.45, 2.75) is 13.8 Å². The van der Waals surface area contributed by atoms with Crippen LogP contribution in [0.4, 0.5) is 5.69 Å². The molecule has 2 aromatic rings. The second-order valence-electron chi connectivity index (χ2n) is 6.49. The standard InChI is InChI=1S/C21H19ClN2O4S/c1-11-5-6-12(2)16(7-11)24-20(26)14(19(25)23-21(24)29)8-13-9-15(22)18(28-4)17(10-13)27-3/h5-10H,1-4H3,(H,23,25,29). The summed E-state index contributed by atoms with van der Waals surface area (Å²) in [6, 6.07) is 8.91. The molecule has 8 heteroatoms. The van der Waals surface area contributed by atoms with Gasteiger partial charge in [0.05, 0.1) is 24.9 Å². The summed E-state index contributed by atoms with van der Waals surface area (Å²) in [4.78, 5) is 27.0. The summed E-state index contributed by atoms with van der Waals surface area (Å²) in [6.45, 7) is 3.79. The molecule has 1 N–H and O–H groups in total. The van der Waals surface area contributed by atoms with Crippen LogP contribution in [0.1, 0.15) is 16.7 Å². The fourth-order valence-electron chi connectivity index (χ4n) is 3.02. The van der Waals surface area contributed by atoms with Gasteiger partial charge in [-0.15, -0.1) is 0 Å². The Bertz CT molecular complexity index is 1060. The summed E-state index contributed by atoms with van der Waals surface area (Å²) in [6.07, 6.45) is 1.45. The lowest BCUT2D eigenvalue weighted by atomic mass is 10.0. The summed E-state index contributed by atoms with van der Waals surface area (Å²) < 4.78 is 10.5. The maximum atomic E-state index is 13.2. The number of ether oxygens (including phenoxy) is 2. The van der Waals surface area contributed by atoms with Gasteiger partial charge in [-0.3, -0.25) is 19.8 Å². The molecular weight excluding hydrogens is 412 g/mol. The van der Waals surface area contributed by atoms with E-state index in [1.54, 1.807) is 12.1 Å². The molecule has 1 aliphatic heterocycles. The first-order chi connectivity index (χ1) is 13.8. The zero-order valence-corrected chi connectivity index (χ0v) is 17.9. The van der Waals surface area contributed by atoms with E-state index in [4.69, 9.17) is 33.3 Å². The van der Waals surface area contributed by atoms with Crippen LogP contribution in [0.2, 0.25) is 5.02 Å². The number of aryl methyl sites for hydroxylation is 2. The smallest absolute Gasteiger partial charge is 0.270 e. The number of anilines is 1. The van der Waals surface area contributed by atoms with Gasteiger partial charge >= 0.3 is 0 Å². The molecule has 3 rings (SSSR count). The third-order valence-corrected chi connectivity index (χ3v) is 5.04. The first-order valence-corrected chi connectivity index (χ1v) is 9.45. The largest absolute Gasteiger partial charge is 0.493 e.